The molecule has 2 aromatic rings. The highest BCUT2D eigenvalue weighted by molar-refractivity contribution is 9.10. The molecule has 0 aliphatic carbocycles. The van der Waals surface area contributed by atoms with Gasteiger partial charge in [0, 0.05) is 18.0 Å². The lowest BCUT2D eigenvalue weighted by Gasteiger charge is -2.15. The normalized spacial score (nSPS) is 18.7. The molecule has 7 heteroatoms. The van der Waals surface area contributed by atoms with E-state index in [9.17, 15) is 13.2 Å². The quantitative estimate of drug-likeness (QED) is 0.736. The molecule has 20 heavy (non-hydrogen) atoms. The number of hydrogen-bond donors (Lipinski definition) is 0. The summed E-state index contributed by atoms with van der Waals surface area (Å²) in [5.74, 6) is -3.58. The van der Waals surface area contributed by atoms with Crippen LogP contribution < -0.4 is 0 Å². The Labute approximate surface area is 121 Å². The Balaban J connectivity index is 2.12. The summed E-state index contributed by atoms with van der Waals surface area (Å²) in [5, 5.41) is 4.19. The van der Waals surface area contributed by atoms with Crippen molar-refractivity contribution in [3.05, 3.63) is 45.7 Å². The van der Waals surface area contributed by atoms with E-state index in [4.69, 9.17) is 0 Å². The minimum Gasteiger partial charge on any atom is -0.248 e. The fourth-order valence-corrected chi connectivity index (χ4v) is 2.96. The maximum Gasteiger partial charge on any atom is 0.217 e. The van der Waals surface area contributed by atoms with Crippen LogP contribution in [0.2, 0.25) is 0 Å². The average molecular weight is 346 g/mol. The van der Waals surface area contributed by atoms with Crippen molar-refractivity contribution in [2.45, 2.75) is 31.7 Å². The van der Waals surface area contributed by atoms with Crippen LogP contribution >= 0.6 is 15.9 Å². The second kappa shape index (κ2) is 5.20. The zero-order valence-corrected chi connectivity index (χ0v) is 12.0. The van der Waals surface area contributed by atoms with Crippen LogP contribution in [-0.2, 0) is 6.54 Å². The van der Waals surface area contributed by atoms with Gasteiger partial charge in [0.1, 0.15) is 5.82 Å². The highest BCUT2D eigenvalue weighted by Gasteiger charge is 2.28. The van der Waals surface area contributed by atoms with Gasteiger partial charge in [-0.1, -0.05) is 12.5 Å². The maximum atomic E-state index is 14.0. The summed E-state index contributed by atoms with van der Waals surface area (Å²) in [6.45, 7) is 0.690. The van der Waals surface area contributed by atoms with Crippen molar-refractivity contribution in [3.63, 3.8) is 0 Å². The van der Waals surface area contributed by atoms with Gasteiger partial charge in [0.25, 0.3) is 0 Å². The lowest BCUT2D eigenvalue weighted by molar-refractivity contribution is 0.435. The van der Waals surface area contributed by atoms with E-state index in [-0.39, 0.29) is 5.56 Å². The fraction of sp³-hybridized carbons (Fsp3) is 0.385. The third-order valence-electron chi connectivity index (χ3n) is 3.54. The van der Waals surface area contributed by atoms with Gasteiger partial charge in [-0.2, -0.15) is 0 Å². The van der Waals surface area contributed by atoms with Gasteiger partial charge in [-0.3, -0.25) is 0 Å². The molecule has 1 aliphatic heterocycles. The van der Waals surface area contributed by atoms with E-state index in [0.29, 0.717) is 23.5 Å². The van der Waals surface area contributed by atoms with Gasteiger partial charge >= 0.3 is 0 Å². The monoisotopic (exact) mass is 345 g/mol. The van der Waals surface area contributed by atoms with Gasteiger partial charge in [-0.25, -0.2) is 22.8 Å². The summed E-state index contributed by atoms with van der Waals surface area (Å²) < 4.78 is 42.6. The van der Waals surface area contributed by atoms with Gasteiger partial charge < -0.3 is 0 Å². The zero-order valence-electron chi connectivity index (χ0n) is 10.4. The van der Waals surface area contributed by atoms with Crippen LogP contribution in [0.1, 0.15) is 36.6 Å². The fourth-order valence-electron chi connectivity index (χ4n) is 2.59. The number of nitrogens with zero attached hydrogens (tertiary/aromatic N) is 3. The van der Waals surface area contributed by atoms with E-state index in [1.165, 1.54) is 6.07 Å². The molecule has 0 bridgehead atoms. The molecule has 3 nitrogen and oxygen atoms in total. The van der Waals surface area contributed by atoms with Crippen molar-refractivity contribution >= 4 is 15.9 Å². The first-order valence-corrected chi connectivity index (χ1v) is 7.11. The number of aryl methyl sites for hydroxylation is 1. The molecule has 1 atom stereocenters. The number of fused-ring (bicyclic) bond motifs is 1. The maximum absolute atomic E-state index is 14.0. The van der Waals surface area contributed by atoms with Crippen LogP contribution in [0.25, 0.3) is 0 Å². The molecule has 1 aromatic heterocycles. The molecule has 106 valence electrons. The molecule has 3 rings (SSSR count). The molecule has 2 heterocycles. The van der Waals surface area contributed by atoms with Crippen molar-refractivity contribution in [1.82, 2.24) is 14.8 Å². The Kier molecular flexibility index (Phi) is 3.54. The van der Waals surface area contributed by atoms with Crippen LogP contribution in [0.15, 0.2) is 16.9 Å². The predicted octanol–water partition coefficient (Wildman–Crippen LogP) is 3.77. The van der Waals surface area contributed by atoms with Gasteiger partial charge in [-0.15, -0.1) is 5.10 Å². The van der Waals surface area contributed by atoms with E-state index in [2.05, 4.69) is 26.0 Å². The summed E-state index contributed by atoms with van der Waals surface area (Å²) in [6.07, 6.45) is 2.38. The van der Waals surface area contributed by atoms with Crippen molar-refractivity contribution in [3.8, 4) is 0 Å². The number of benzene rings is 1. The Morgan fingerprint density at radius 2 is 1.95 bits per heavy atom. The zero-order chi connectivity index (χ0) is 14.3. The molecule has 0 N–H and O–H groups in total. The van der Waals surface area contributed by atoms with Gasteiger partial charge in [-0.05, 0) is 34.8 Å². The van der Waals surface area contributed by atoms with Crippen LogP contribution in [0.4, 0.5) is 13.2 Å². The molecular formula is C13H11BrF3N3. The molecule has 0 saturated heterocycles. The summed E-state index contributed by atoms with van der Waals surface area (Å²) in [5.41, 5.74) is 0.131. The van der Waals surface area contributed by atoms with Gasteiger partial charge in [0.05, 0.1) is 0 Å². The number of hydrogen-bond acceptors (Lipinski definition) is 2. The van der Waals surface area contributed by atoms with E-state index in [1.807, 2.05) is 0 Å². The molecule has 1 aliphatic rings. The Morgan fingerprint density at radius 3 is 2.75 bits per heavy atom. The lowest BCUT2D eigenvalue weighted by atomic mass is 9.93. The summed E-state index contributed by atoms with van der Waals surface area (Å²) in [7, 11) is 0. The van der Waals surface area contributed by atoms with Crippen LogP contribution in [-0.4, -0.2) is 14.8 Å². The molecular weight excluding hydrogens is 335 g/mol. The second-order valence-electron chi connectivity index (χ2n) is 4.78. The first-order valence-electron chi connectivity index (χ1n) is 6.31. The predicted molar refractivity (Wildman–Crippen MR) is 69.7 cm³/mol. The van der Waals surface area contributed by atoms with Gasteiger partial charge in [0.2, 0.25) is 4.73 Å². The molecule has 0 unspecified atom stereocenters. The van der Waals surface area contributed by atoms with E-state index in [1.54, 1.807) is 4.68 Å². The molecule has 0 fully saturated rings. The highest BCUT2D eigenvalue weighted by atomic mass is 79.9. The van der Waals surface area contributed by atoms with Crippen LogP contribution in [0, 0.1) is 17.5 Å². The van der Waals surface area contributed by atoms with E-state index >= 15 is 0 Å². The molecule has 1 aromatic carbocycles. The number of rotatable bonds is 1. The third kappa shape index (κ3) is 2.24. The summed E-state index contributed by atoms with van der Waals surface area (Å²) >= 11 is 3.19. The van der Waals surface area contributed by atoms with E-state index in [0.717, 1.165) is 18.9 Å². The summed E-state index contributed by atoms with van der Waals surface area (Å²) in [6, 6.07) is 2.24. The Bertz CT molecular complexity index is 657. The summed E-state index contributed by atoms with van der Waals surface area (Å²) in [4.78, 5) is 4.25. The molecule has 0 spiro atoms. The number of aromatic nitrogens is 3. The topological polar surface area (TPSA) is 30.7 Å². The van der Waals surface area contributed by atoms with Crippen molar-refractivity contribution in [2.75, 3.05) is 0 Å². The van der Waals surface area contributed by atoms with E-state index < -0.39 is 23.4 Å². The number of halogens is 4. The smallest absolute Gasteiger partial charge is 0.217 e. The van der Waals surface area contributed by atoms with Crippen LogP contribution in [0.5, 0.6) is 0 Å². The Hall–Kier alpha value is -1.37. The van der Waals surface area contributed by atoms with Gasteiger partial charge in [0.15, 0.2) is 17.5 Å². The van der Waals surface area contributed by atoms with Crippen molar-refractivity contribution < 1.29 is 13.2 Å². The minimum atomic E-state index is -1.43. The first-order chi connectivity index (χ1) is 9.58. The largest absolute Gasteiger partial charge is 0.248 e. The standard InChI is InChI=1S/C13H11BrF3N3/c14-13-18-12-8(3-1-2-6-20(12)19-13)7-4-5-9(15)11(17)10(7)16/h4-5,8H,1-3,6H2/t8-/m1/s1. The average Bonchev–Trinajstić information content (AvgIpc) is 2.68. The SMILES string of the molecule is Fc1ccc([C@H]2CCCCn3nc(Br)nc32)c(F)c1F. The Morgan fingerprint density at radius 1 is 1.15 bits per heavy atom. The highest BCUT2D eigenvalue weighted by Crippen LogP contribution is 2.34. The first kappa shape index (κ1) is 13.6. The van der Waals surface area contributed by atoms with Crippen LogP contribution in [0.3, 0.4) is 0 Å². The minimum absolute atomic E-state index is 0.131. The molecule has 0 saturated carbocycles. The lowest BCUT2D eigenvalue weighted by Crippen LogP contribution is -2.11. The molecule has 0 radical (unpaired) electrons. The molecule has 0 amide bonds. The van der Waals surface area contributed by atoms with Crippen molar-refractivity contribution in [1.29, 1.82) is 0 Å². The second-order valence-corrected chi connectivity index (χ2v) is 5.48. The van der Waals surface area contributed by atoms with Crippen molar-refractivity contribution in [2.24, 2.45) is 0 Å². The third-order valence-corrected chi connectivity index (χ3v) is 3.88.